The van der Waals surface area contributed by atoms with Crippen molar-refractivity contribution in [2.45, 2.75) is 44.7 Å². The summed E-state index contributed by atoms with van der Waals surface area (Å²) in [7, 11) is 1.73. The molecule has 152 valence electrons. The van der Waals surface area contributed by atoms with Gasteiger partial charge in [0, 0.05) is 62.5 Å². The molecule has 1 N–H and O–H groups in total. The van der Waals surface area contributed by atoms with Crippen molar-refractivity contribution in [1.29, 1.82) is 0 Å². The van der Waals surface area contributed by atoms with Crippen LogP contribution in [0, 0.1) is 5.92 Å². The maximum atomic E-state index is 13.5. The molecule has 0 aromatic heterocycles. The molecule has 2 bridgehead atoms. The van der Waals surface area contributed by atoms with Crippen LogP contribution >= 0.6 is 11.6 Å². The van der Waals surface area contributed by atoms with Crippen molar-refractivity contribution in [3.8, 4) is 0 Å². The van der Waals surface area contributed by atoms with Crippen molar-refractivity contribution >= 4 is 17.5 Å². The Kier molecular flexibility index (Phi) is 6.36. The number of amides is 1. The van der Waals surface area contributed by atoms with Crippen molar-refractivity contribution in [2.24, 2.45) is 5.92 Å². The zero-order valence-corrected chi connectivity index (χ0v) is 17.4. The van der Waals surface area contributed by atoms with E-state index < -0.39 is 0 Å². The van der Waals surface area contributed by atoms with Crippen molar-refractivity contribution in [3.63, 3.8) is 0 Å². The molecular weight excluding hydrogens is 374 g/mol. The van der Waals surface area contributed by atoms with E-state index >= 15 is 0 Å². The van der Waals surface area contributed by atoms with Crippen LogP contribution in [0.1, 0.15) is 36.8 Å². The summed E-state index contributed by atoms with van der Waals surface area (Å²) in [6, 6.07) is 6.58. The molecule has 2 aliphatic heterocycles. The maximum absolute atomic E-state index is 13.5. The summed E-state index contributed by atoms with van der Waals surface area (Å²) in [5.74, 6) is 0.564. The second-order valence-corrected chi connectivity index (χ2v) is 8.55. The number of fused-ring (bicyclic) bond motifs is 2. The van der Waals surface area contributed by atoms with Crippen LogP contribution in [-0.2, 0) is 22.5 Å². The first-order valence-electron chi connectivity index (χ1n) is 10.4. The number of carbonyl (C=O) groups excluding carboxylic acids is 1. The maximum Gasteiger partial charge on any atom is 0.250 e. The number of methoxy groups -OCH3 is 1. The molecule has 2 fully saturated rings. The third-order valence-electron chi connectivity index (χ3n) is 6.00. The van der Waals surface area contributed by atoms with Gasteiger partial charge in [0.1, 0.15) is 0 Å². The molecule has 2 unspecified atom stereocenters. The number of halogens is 1. The molecule has 6 heteroatoms. The number of hydrogen-bond acceptors (Lipinski definition) is 4. The molecule has 0 radical (unpaired) electrons. The van der Waals surface area contributed by atoms with Crippen LogP contribution in [-0.4, -0.2) is 55.2 Å². The molecule has 2 atom stereocenters. The lowest BCUT2D eigenvalue weighted by Gasteiger charge is -2.39. The van der Waals surface area contributed by atoms with Gasteiger partial charge >= 0.3 is 0 Å². The van der Waals surface area contributed by atoms with E-state index in [1.54, 1.807) is 7.11 Å². The lowest BCUT2D eigenvalue weighted by atomic mass is 9.89. The van der Waals surface area contributed by atoms with E-state index in [0.29, 0.717) is 18.5 Å². The highest BCUT2D eigenvalue weighted by Gasteiger charge is 2.38. The lowest BCUT2D eigenvalue weighted by molar-refractivity contribution is -0.129. The molecule has 1 saturated heterocycles. The highest BCUT2D eigenvalue weighted by atomic mass is 35.5. The molecular formula is C22H30ClN3O2. The van der Waals surface area contributed by atoms with E-state index in [1.807, 2.05) is 6.07 Å². The summed E-state index contributed by atoms with van der Waals surface area (Å²) < 4.78 is 5.16. The summed E-state index contributed by atoms with van der Waals surface area (Å²) in [5, 5.41) is 2.96. The van der Waals surface area contributed by atoms with Crippen LogP contribution in [0.5, 0.6) is 0 Å². The molecule has 5 nitrogen and oxygen atoms in total. The largest absolute Gasteiger partial charge is 0.385 e. The number of carbonyl (C=O) groups is 1. The monoisotopic (exact) mass is 403 g/mol. The van der Waals surface area contributed by atoms with Gasteiger partial charge in [-0.3, -0.25) is 10.2 Å². The van der Waals surface area contributed by atoms with Crippen LogP contribution in [0.25, 0.3) is 0 Å². The second-order valence-electron chi connectivity index (χ2n) is 8.14. The molecule has 2 heterocycles. The molecule has 0 spiro atoms. The molecule has 1 aromatic carbocycles. The Morgan fingerprint density at radius 1 is 1.36 bits per heavy atom. The van der Waals surface area contributed by atoms with Gasteiger partial charge in [-0.05, 0) is 49.3 Å². The minimum Gasteiger partial charge on any atom is -0.385 e. The van der Waals surface area contributed by atoms with Gasteiger partial charge in [0.2, 0.25) is 5.91 Å². The average Bonchev–Trinajstić information content (AvgIpc) is 3.53. The zero-order valence-electron chi connectivity index (χ0n) is 16.6. The quantitative estimate of drug-likeness (QED) is 0.677. The number of benzene rings is 1. The van der Waals surface area contributed by atoms with E-state index in [4.69, 9.17) is 16.3 Å². The van der Waals surface area contributed by atoms with Gasteiger partial charge in [-0.15, -0.1) is 0 Å². The van der Waals surface area contributed by atoms with Crippen molar-refractivity contribution in [1.82, 2.24) is 15.3 Å². The highest BCUT2D eigenvalue weighted by molar-refractivity contribution is 6.31. The summed E-state index contributed by atoms with van der Waals surface area (Å²) in [4.78, 5) is 15.5. The first kappa shape index (κ1) is 19.9. The number of hydrazine groups is 1. The predicted octanol–water partition coefficient (Wildman–Crippen LogP) is 3.18. The van der Waals surface area contributed by atoms with E-state index in [2.05, 4.69) is 33.5 Å². The zero-order chi connectivity index (χ0) is 19.5. The van der Waals surface area contributed by atoms with Gasteiger partial charge in [-0.1, -0.05) is 29.8 Å². The van der Waals surface area contributed by atoms with Crippen LogP contribution in [0.4, 0.5) is 0 Å². The minimum absolute atomic E-state index is 0.218. The standard InChI is InChI=1S/C22H30ClN3O2/c1-28-12-2-3-16-4-7-21(23)18(13-16)15-26(19-5-6-19)22(27)20-9-11-25-14-17(20)8-10-24-25/h4,7,9,13,17,19,24H,2-3,5-6,8,10-12,14-15H2,1H3. The van der Waals surface area contributed by atoms with E-state index in [-0.39, 0.29) is 5.91 Å². The molecule has 1 aromatic rings. The fraction of sp³-hybridized carbons (Fsp3) is 0.591. The third-order valence-corrected chi connectivity index (χ3v) is 6.37. The van der Waals surface area contributed by atoms with Gasteiger partial charge < -0.3 is 9.64 Å². The van der Waals surface area contributed by atoms with Crippen LogP contribution in [0.2, 0.25) is 5.02 Å². The van der Waals surface area contributed by atoms with Gasteiger partial charge in [0.15, 0.2) is 0 Å². The van der Waals surface area contributed by atoms with Crippen LogP contribution in [0.15, 0.2) is 29.8 Å². The fourth-order valence-electron chi connectivity index (χ4n) is 4.28. The minimum atomic E-state index is 0.218. The van der Waals surface area contributed by atoms with Crippen molar-refractivity contribution < 1.29 is 9.53 Å². The molecule has 1 aliphatic carbocycles. The third kappa shape index (κ3) is 4.60. The Balaban J connectivity index is 1.50. The fourth-order valence-corrected chi connectivity index (χ4v) is 4.45. The van der Waals surface area contributed by atoms with E-state index in [0.717, 1.165) is 74.5 Å². The Bertz CT molecular complexity index is 747. The molecule has 1 amide bonds. The number of aryl methyl sites for hydroxylation is 1. The SMILES string of the molecule is COCCCc1ccc(Cl)c(CN(C(=O)C2=CCN3CC2CCN3)C2CC2)c1. The normalized spacial score (nSPS) is 24.0. The van der Waals surface area contributed by atoms with Gasteiger partial charge in [0.25, 0.3) is 0 Å². The van der Waals surface area contributed by atoms with Crippen LogP contribution in [0.3, 0.4) is 0 Å². The van der Waals surface area contributed by atoms with E-state index in [9.17, 15) is 4.79 Å². The number of nitrogens with zero attached hydrogens (tertiary/aromatic N) is 2. The molecule has 28 heavy (non-hydrogen) atoms. The summed E-state index contributed by atoms with van der Waals surface area (Å²) in [6.45, 7) is 4.06. The predicted molar refractivity (Wildman–Crippen MR) is 111 cm³/mol. The average molecular weight is 404 g/mol. The summed E-state index contributed by atoms with van der Waals surface area (Å²) in [6.07, 6.45) is 7.31. The van der Waals surface area contributed by atoms with Crippen LogP contribution < -0.4 is 5.43 Å². The molecule has 1 saturated carbocycles. The Hall–Kier alpha value is -1.40. The van der Waals surface area contributed by atoms with E-state index in [1.165, 1.54) is 5.56 Å². The molecule has 4 rings (SSSR count). The number of hydrogen-bond donors (Lipinski definition) is 1. The lowest BCUT2D eigenvalue weighted by Crippen LogP contribution is -2.52. The summed E-state index contributed by atoms with van der Waals surface area (Å²) >= 11 is 6.51. The first-order chi connectivity index (χ1) is 13.7. The van der Waals surface area contributed by atoms with Gasteiger partial charge in [-0.2, -0.15) is 0 Å². The topological polar surface area (TPSA) is 44.8 Å². The highest BCUT2D eigenvalue weighted by Crippen LogP contribution is 2.34. The van der Waals surface area contributed by atoms with Crippen molar-refractivity contribution in [2.75, 3.05) is 33.4 Å². The van der Waals surface area contributed by atoms with Crippen molar-refractivity contribution in [3.05, 3.63) is 46.0 Å². The Labute approximate surface area is 172 Å². The Morgan fingerprint density at radius 2 is 2.21 bits per heavy atom. The number of rotatable bonds is 8. The summed E-state index contributed by atoms with van der Waals surface area (Å²) in [5.41, 5.74) is 6.71. The van der Waals surface area contributed by atoms with Gasteiger partial charge in [0.05, 0.1) is 0 Å². The first-order valence-corrected chi connectivity index (χ1v) is 10.8. The molecule has 3 aliphatic rings. The number of nitrogens with one attached hydrogen (secondary N) is 1. The Morgan fingerprint density at radius 3 is 3.00 bits per heavy atom. The van der Waals surface area contributed by atoms with Gasteiger partial charge in [-0.25, -0.2) is 5.01 Å². The second kappa shape index (κ2) is 8.95. The number of ether oxygens (including phenoxy) is 1. The smallest absolute Gasteiger partial charge is 0.250 e.